The molecule has 0 aliphatic carbocycles. The van der Waals surface area contributed by atoms with Crippen molar-refractivity contribution in [3.8, 4) is 11.5 Å². The average molecular weight is 414 g/mol. The molecule has 0 aliphatic heterocycles. The highest BCUT2D eigenvalue weighted by atomic mass is 16.6. The van der Waals surface area contributed by atoms with E-state index >= 15 is 0 Å². The number of aliphatic hydroxyl groups excluding tert-OH is 3. The molecule has 0 fully saturated rings. The Kier molecular flexibility index (Phi) is 9.06. The molecule has 1 aromatic rings. The van der Waals surface area contributed by atoms with Crippen LogP contribution >= 0.6 is 0 Å². The van der Waals surface area contributed by atoms with Crippen molar-refractivity contribution in [2.75, 3.05) is 21.3 Å². The Morgan fingerprint density at radius 1 is 0.966 bits per heavy atom. The number of benzene rings is 1. The Morgan fingerprint density at radius 3 is 2.10 bits per heavy atom. The van der Waals surface area contributed by atoms with Crippen LogP contribution < -0.4 is 4.74 Å². The predicted molar refractivity (Wildman–Crippen MR) is 95.6 cm³/mol. The second-order valence-corrected chi connectivity index (χ2v) is 5.59. The lowest BCUT2D eigenvalue weighted by atomic mass is 10.0. The SMILES string of the molecule is COC(=O)[C@@H](O)[C@@H](O)[C@H](OC(=O)/C=C/c1ccc(O)c(OC)c1)[C@@H](O)C(=O)OC. The van der Waals surface area contributed by atoms with Crippen LogP contribution in [0.3, 0.4) is 0 Å². The average Bonchev–Trinajstić information content (AvgIpc) is 2.73. The first-order chi connectivity index (χ1) is 13.7. The van der Waals surface area contributed by atoms with E-state index in [9.17, 15) is 34.8 Å². The number of rotatable bonds is 9. The lowest BCUT2D eigenvalue weighted by Gasteiger charge is -2.27. The van der Waals surface area contributed by atoms with Gasteiger partial charge < -0.3 is 39.4 Å². The molecule has 0 saturated heterocycles. The van der Waals surface area contributed by atoms with E-state index in [2.05, 4.69) is 9.47 Å². The normalized spacial score (nSPS) is 15.1. The van der Waals surface area contributed by atoms with E-state index in [1.807, 2.05) is 0 Å². The summed E-state index contributed by atoms with van der Waals surface area (Å²) in [5.41, 5.74) is 0.428. The van der Waals surface area contributed by atoms with E-state index in [0.717, 1.165) is 20.3 Å². The van der Waals surface area contributed by atoms with E-state index in [-0.39, 0.29) is 11.5 Å². The van der Waals surface area contributed by atoms with Crippen molar-refractivity contribution in [3.63, 3.8) is 0 Å². The molecule has 0 aromatic heterocycles. The number of esters is 3. The third kappa shape index (κ3) is 6.45. The first-order valence-corrected chi connectivity index (χ1v) is 8.11. The van der Waals surface area contributed by atoms with Gasteiger partial charge in [0.25, 0.3) is 0 Å². The van der Waals surface area contributed by atoms with Gasteiger partial charge in [-0.25, -0.2) is 14.4 Å². The molecule has 1 rings (SSSR count). The maximum atomic E-state index is 12.1. The Balaban J connectivity index is 3.01. The number of carbonyl (C=O) groups excluding carboxylic acids is 3. The highest BCUT2D eigenvalue weighted by molar-refractivity contribution is 5.88. The van der Waals surface area contributed by atoms with Crippen molar-refractivity contribution < 1.29 is 53.8 Å². The molecule has 11 nitrogen and oxygen atoms in total. The monoisotopic (exact) mass is 414 g/mol. The molecule has 0 radical (unpaired) electrons. The van der Waals surface area contributed by atoms with E-state index in [1.165, 1.54) is 31.4 Å². The minimum Gasteiger partial charge on any atom is -0.504 e. The van der Waals surface area contributed by atoms with Crippen molar-refractivity contribution >= 4 is 24.0 Å². The number of phenolic OH excluding ortho intramolecular Hbond substituents is 1. The summed E-state index contributed by atoms with van der Waals surface area (Å²) >= 11 is 0. The number of aromatic hydroxyl groups is 1. The maximum absolute atomic E-state index is 12.1. The van der Waals surface area contributed by atoms with Gasteiger partial charge in [0.1, 0.15) is 6.10 Å². The fraction of sp³-hybridized carbons (Fsp3) is 0.389. The Labute approximate surface area is 165 Å². The number of methoxy groups -OCH3 is 3. The molecular weight excluding hydrogens is 392 g/mol. The van der Waals surface area contributed by atoms with Crippen LogP contribution in [0.25, 0.3) is 6.08 Å². The molecule has 4 N–H and O–H groups in total. The van der Waals surface area contributed by atoms with E-state index < -0.39 is 42.3 Å². The van der Waals surface area contributed by atoms with E-state index in [4.69, 9.17) is 9.47 Å². The van der Waals surface area contributed by atoms with Crippen LogP contribution in [0.4, 0.5) is 0 Å². The van der Waals surface area contributed by atoms with Crippen LogP contribution in [0.15, 0.2) is 24.3 Å². The Bertz CT molecular complexity index is 758. The van der Waals surface area contributed by atoms with Crippen LogP contribution in [0, 0.1) is 0 Å². The minimum atomic E-state index is -2.21. The molecule has 0 heterocycles. The summed E-state index contributed by atoms with van der Waals surface area (Å²) in [6.07, 6.45) is -6.48. The number of phenols is 1. The smallest absolute Gasteiger partial charge is 0.338 e. The lowest BCUT2D eigenvalue weighted by Crippen LogP contribution is -2.52. The fourth-order valence-corrected chi connectivity index (χ4v) is 2.15. The van der Waals surface area contributed by atoms with Gasteiger partial charge in [0.2, 0.25) is 0 Å². The van der Waals surface area contributed by atoms with Gasteiger partial charge in [-0.15, -0.1) is 0 Å². The highest BCUT2D eigenvalue weighted by Crippen LogP contribution is 2.26. The summed E-state index contributed by atoms with van der Waals surface area (Å²) in [5.74, 6) is -3.64. The molecule has 0 unspecified atom stereocenters. The first kappa shape index (κ1) is 23.9. The fourth-order valence-electron chi connectivity index (χ4n) is 2.15. The zero-order valence-corrected chi connectivity index (χ0v) is 15.8. The summed E-state index contributed by atoms with van der Waals surface area (Å²) in [6.45, 7) is 0. The number of carbonyl (C=O) groups is 3. The van der Waals surface area contributed by atoms with Gasteiger partial charge in [-0.2, -0.15) is 0 Å². The van der Waals surface area contributed by atoms with Gasteiger partial charge >= 0.3 is 17.9 Å². The van der Waals surface area contributed by atoms with Crippen molar-refractivity contribution in [1.82, 2.24) is 0 Å². The van der Waals surface area contributed by atoms with E-state index in [0.29, 0.717) is 5.56 Å². The summed E-state index contributed by atoms with van der Waals surface area (Å²) in [6, 6.07) is 4.19. The van der Waals surface area contributed by atoms with Crippen LogP contribution in [0.5, 0.6) is 11.5 Å². The molecule has 4 atom stereocenters. The quantitative estimate of drug-likeness (QED) is 0.216. The third-order valence-electron chi connectivity index (χ3n) is 3.72. The van der Waals surface area contributed by atoms with Gasteiger partial charge in [0.05, 0.1) is 21.3 Å². The van der Waals surface area contributed by atoms with Gasteiger partial charge in [-0.1, -0.05) is 6.07 Å². The van der Waals surface area contributed by atoms with Crippen molar-refractivity contribution in [1.29, 1.82) is 0 Å². The van der Waals surface area contributed by atoms with Gasteiger partial charge in [0, 0.05) is 6.08 Å². The minimum absolute atomic E-state index is 0.117. The van der Waals surface area contributed by atoms with Crippen molar-refractivity contribution in [2.24, 2.45) is 0 Å². The first-order valence-electron chi connectivity index (χ1n) is 8.11. The Morgan fingerprint density at radius 2 is 1.55 bits per heavy atom. The van der Waals surface area contributed by atoms with Crippen LogP contribution in [-0.2, 0) is 28.6 Å². The largest absolute Gasteiger partial charge is 0.504 e. The molecule has 0 saturated carbocycles. The lowest BCUT2D eigenvalue weighted by molar-refractivity contribution is -0.186. The highest BCUT2D eigenvalue weighted by Gasteiger charge is 2.42. The Hall–Kier alpha value is -3.15. The van der Waals surface area contributed by atoms with Gasteiger partial charge in [0.15, 0.2) is 29.8 Å². The summed E-state index contributed by atoms with van der Waals surface area (Å²) in [7, 11) is 3.21. The number of ether oxygens (including phenoxy) is 4. The summed E-state index contributed by atoms with van der Waals surface area (Å²) < 4.78 is 18.3. The van der Waals surface area contributed by atoms with Crippen LogP contribution in [0.2, 0.25) is 0 Å². The van der Waals surface area contributed by atoms with E-state index in [1.54, 1.807) is 0 Å². The standard InChI is InChI=1S/C18H22O11/c1-26-11-8-9(4-6-10(11)19)5-7-12(20)29-16(15(23)18(25)28-3)13(21)14(22)17(24)27-2/h4-8,13-16,19,21-23H,1-3H3/b7-5+/t13-,14+,15-,16+/m1/s1. The van der Waals surface area contributed by atoms with Gasteiger partial charge in [-0.05, 0) is 23.8 Å². The van der Waals surface area contributed by atoms with Crippen LogP contribution in [-0.4, -0.2) is 84.1 Å². The van der Waals surface area contributed by atoms with Crippen LogP contribution in [0.1, 0.15) is 5.56 Å². The third-order valence-corrected chi connectivity index (χ3v) is 3.72. The van der Waals surface area contributed by atoms with Gasteiger partial charge in [-0.3, -0.25) is 0 Å². The number of aliphatic hydroxyl groups is 3. The molecule has 0 amide bonds. The topological polar surface area (TPSA) is 169 Å². The molecule has 1 aromatic carbocycles. The molecule has 0 spiro atoms. The van der Waals surface area contributed by atoms with Crippen molar-refractivity contribution in [2.45, 2.75) is 24.4 Å². The molecule has 160 valence electrons. The molecular formula is C18H22O11. The molecule has 29 heavy (non-hydrogen) atoms. The zero-order valence-electron chi connectivity index (χ0n) is 15.8. The summed E-state index contributed by atoms with van der Waals surface area (Å²) in [5, 5.41) is 39.3. The number of hydrogen-bond acceptors (Lipinski definition) is 11. The molecule has 0 aliphatic rings. The van der Waals surface area contributed by atoms with Crippen molar-refractivity contribution in [3.05, 3.63) is 29.8 Å². The zero-order chi connectivity index (χ0) is 22.1. The molecule has 11 heteroatoms. The second kappa shape index (κ2) is 11.0. The number of hydrogen-bond donors (Lipinski definition) is 4. The maximum Gasteiger partial charge on any atom is 0.338 e. The summed E-state index contributed by atoms with van der Waals surface area (Å²) in [4.78, 5) is 35.0. The molecule has 0 bridgehead atoms. The second-order valence-electron chi connectivity index (χ2n) is 5.59. The predicted octanol–water partition coefficient (Wildman–Crippen LogP) is -1.25.